The van der Waals surface area contributed by atoms with Gasteiger partial charge in [-0.15, -0.1) is 0 Å². The van der Waals surface area contributed by atoms with Gasteiger partial charge in [0, 0.05) is 9.86 Å². The van der Waals surface area contributed by atoms with E-state index >= 15 is 0 Å². The zero-order valence-electron chi connectivity index (χ0n) is 15.0. The van der Waals surface area contributed by atoms with Crippen LogP contribution in [0.2, 0.25) is 0 Å². The van der Waals surface area contributed by atoms with Crippen LogP contribution in [0.5, 0.6) is 5.75 Å². The lowest BCUT2D eigenvalue weighted by Gasteiger charge is -2.12. The molecular formula is C22H16BrNO3S. The van der Waals surface area contributed by atoms with E-state index in [-0.39, 0.29) is 17.7 Å². The van der Waals surface area contributed by atoms with Crippen molar-refractivity contribution in [2.45, 2.75) is 6.54 Å². The number of carbonyl (C=O) groups excluding carboxylic acids is 2. The number of benzene rings is 3. The molecule has 1 fully saturated rings. The number of thioether (sulfide) groups is 1. The van der Waals surface area contributed by atoms with E-state index < -0.39 is 0 Å². The Bertz CT molecular complexity index is 1110. The van der Waals surface area contributed by atoms with Crippen molar-refractivity contribution in [3.05, 3.63) is 81.2 Å². The molecule has 0 radical (unpaired) electrons. The summed E-state index contributed by atoms with van der Waals surface area (Å²) < 4.78 is 6.38. The summed E-state index contributed by atoms with van der Waals surface area (Å²) >= 11 is 4.36. The van der Waals surface area contributed by atoms with Gasteiger partial charge in [0.25, 0.3) is 11.1 Å². The smallest absolute Gasteiger partial charge is 0.293 e. The van der Waals surface area contributed by atoms with E-state index in [1.807, 2.05) is 60.7 Å². The van der Waals surface area contributed by atoms with Crippen molar-refractivity contribution in [3.8, 4) is 5.75 Å². The fourth-order valence-electron chi connectivity index (χ4n) is 3.15. The minimum Gasteiger partial charge on any atom is -0.496 e. The van der Waals surface area contributed by atoms with Crippen LogP contribution >= 0.6 is 27.7 Å². The topological polar surface area (TPSA) is 46.6 Å². The second-order valence-electron chi connectivity index (χ2n) is 6.30. The van der Waals surface area contributed by atoms with Gasteiger partial charge >= 0.3 is 0 Å². The summed E-state index contributed by atoms with van der Waals surface area (Å²) in [4.78, 5) is 27.0. The van der Waals surface area contributed by atoms with E-state index in [0.717, 1.165) is 43.9 Å². The normalized spacial score (nSPS) is 15.6. The standard InChI is InChI=1S/C22H16BrNO3S/c1-27-19-11-8-15(17-4-2-3-5-18(17)19)12-20-21(25)24(22(26)28-20)13-14-6-9-16(23)10-7-14/h2-12H,13H2,1H3/b20-12-. The van der Waals surface area contributed by atoms with Gasteiger partial charge in [-0.2, -0.15) is 0 Å². The van der Waals surface area contributed by atoms with Crippen LogP contribution in [0.1, 0.15) is 11.1 Å². The number of rotatable bonds is 4. The first-order valence-electron chi connectivity index (χ1n) is 8.62. The van der Waals surface area contributed by atoms with Crippen molar-refractivity contribution in [1.29, 1.82) is 0 Å². The second-order valence-corrected chi connectivity index (χ2v) is 8.21. The summed E-state index contributed by atoms with van der Waals surface area (Å²) in [6.45, 7) is 0.263. The average molecular weight is 454 g/mol. The molecule has 0 saturated carbocycles. The van der Waals surface area contributed by atoms with Gasteiger partial charge in [-0.25, -0.2) is 0 Å². The number of nitrogens with zero attached hydrogens (tertiary/aromatic N) is 1. The molecule has 3 aromatic carbocycles. The lowest BCUT2D eigenvalue weighted by atomic mass is 10.0. The van der Waals surface area contributed by atoms with Crippen molar-refractivity contribution in [3.63, 3.8) is 0 Å². The Morgan fingerprint density at radius 1 is 1.00 bits per heavy atom. The summed E-state index contributed by atoms with van der Waals surface area (Å²) in [6, 6.07) is 19.2. The minimum absolute atomic E-state index is 0.253. The van der Waals surface area contributed by atoms with Crippen LogP contribution in [-0.4, -0.2) is 23.2 Å². The lowest BCUT2D eigenvalue weighted by molar-refractivity contribution is -0.123. The maximum Gasteiger partial charge on any atom is 0.293 e. The van der Waals surface area contributed by atoms with Crippen LogP contribution in [0, 0.1) is 0 Å². The highest BCUT2D eigenvalue weighted by molar-refractivity contribution is 9.10. The number of methoxy groups -OCH3 is 1. The predicted molar refractivity (Wildman–Crippen MR) is 116 cm³/mol. The molecule has 1 aliphatic rings. The molecule has 3 aromatic rings. The number of imide groups is 1. The number of amides is 2. The van der Waals surface area contributed by atoms with E-state index in [1.165, 1.54) is 4.90 Å². The number of halogens is 1. The van der Waals surface area contributed by atoms with Gasteiger partial charge < -0.3 is 4.74 Å². The minimum atomic E-state index is -0.266. The fraction of sp³-hybridized carbons (Fsp3) is 0.0909. The first-order chi connectivity index (χ1) is 13.6. The number of carbonyl (C=O) groups is 2. The molecular weight excluding hydrogens is 438 g/mol. The lowest BCUT2D eigenvalue weighted by Crippen LogP contribution is -2.27. The molecule has 28 heavy (non-hydrogen) atoms. The molecule has 0 atom stereocenters. The summed E-state index contributed by atoms with van der Waals surface area (Å²) in [5, 5.41) is 1.69. The molecule has 0 unspecified atom stereocenters. The molecule has 4 nitrogen and oxygen atoms in total. The highest BCUT2D eigenvalue weighted by atomic mass is 79.9. The molecule has 0 aliphatic carbocycles. The van der Waals surface area contributed by atoms with Crippen LogP contribution in [0.15, 0.2) is 70.0 Å². The van der Waals surface area contributed by atoms with Crippen LogP contribution < -0.4 is 4.74 Å². The highest BCUT2D eigenvalue weighted by Crippen LogP contribution is 2.36. The molecule has 1 saturated heterocycles. The fourth-order valence-corrected chi connectivity index (χ4v) is 4.24. The van der Waals surface area contributed by atoms with E-state index in [4.69, 9.17) is 4.74 Å². The van der Waals surface area contributed by atoms with Gasteiger partial charge in [-0.1, -0.05) is 58.4 Å². The summed E-state index contributed by atoms with van der Waals surface area (Å²) in [7, 11) is 1.63. The first kappa shape index (κ1) is 18.8. The van der Waals surface area contributed by atoms with Gasteiger partial charge in [0.15, 0.2) is 0 Å². The zero-order valence-corrected chi connectivity index (χ0v) is 17.4. The van der Waals surface area contributed by atoms with Gasteiger partial charge in [0.1, 0.15) is 5.75 Å². The van der Waals surface area contributed by atoms with Crippen molar-refractivity contribution in [1.82, 2.24) is 4.90 Å². The molecule has 1 aliphatic heterocycles. The van der Waals surface area contributed by atoms with Crippen LogP contribution in [0.3, 0.4) is 0 Å². The third kappa shape index (κ3) is 3.57. The third-order valence-corrected chi connectivity index (χ3v) is 5.99. The third-order valence-electron chi connectivity index (χ3n) is 4.55. The largest absolute Gasteiger partial charge is 0.496 e. The Kier molecular flexibility index (Phi) is 5.24. The maximum absolute atomic E-state index is 12.8. The number of ether oxygens (including phenoxy) is 1. The van der Waals surface area contributed by atoms with E-state index in [2.05, 4.69) is 15.9 Å². The highest BCUT2D eigenvalue weighted by Gasteiger charge is 2.35. The summed E-state index contributed by atoms with van der Waals surface area (Å²) in [5.74, 6) is 0.508. The molecule has 0 bridgehead atoms. The molecule has 0 N–H and O–H groups in total. The van der Waals surface area contributed by atoms with Crippen molar-refractivity contribution in [2.75, 3.05) is 7.11 Å². The van der Waals surface area contributed by atoms with Gasteiger partial charge in [-0.3, -0.25) is 14.5 Å². The van der Waals surface area contributed by atoms with Gasteiger partial charge in [-0.05, 0) is 52.6 Å². The predicted octanol–water partition coefficient (Wildman–Crippen LogP) is 5.85. The Hall–Kier alpha value is -2.57. The SMILES string of the molecule is COc1ccc(/C=C2\SC(=O)N(Cc3ccc(Br)cc3)C2=O)c2ccccc12. The first-order valence-corrected chi connectivity index (χ1v) is 10.2. The summed E-state index contributed by atoms with van der Waals surface area (Å²) in [5.41, 5.74) is 1.78. The molecule has 1 heterocycles. The maximum atomic E-state index is 12.8. The number of fused-ring (bicyclic) bond motifs is 1. The van der Waals surface area contributed by atoms with Crippen molar-refractivity contribution in [2.24, 2.45) is 0 Å². The number of hydrogen-bond donors (Lipinski definition) is 0. The Morgan fingerprint density at radius 2 is 1.71 bits per heavy atom. The Balaban J connectivity index is 1.66. The van der Waals surface area contributed by atoms with Gasteiger partial charge in [0.2, 0.25) is 0 Å². The van der Waals surface area contributed by atoms with Gasteiger partial charge in [0.05, 0.1) is 18.6 Å². The molecule has 140 valence electrons. The van der Waals surface area contributed by atoms with Crippen LogP contribution in [0.25, 0.3) is 16.8 Å². The van der Waals surface area contributed by atoms with Crippen molar-refractivity contribution < 1.29 is 14.3 Å². The molecule has 0 spiro atoms. The quantitative estimate of drug-likeness (QED) is 0.465. The van der Waals surface area contributed by atoms with E-state index in [9.17, 15) is 9.59 Å². The van der Waals surface area contributed by atoms with E-state index in [0.29, 0.717) is 4.91 Å². The molecule has 2 amide bonds. The Labute approximate surface area is 175 Å². The molecule has 4 rings (SSSR count). The summed E-state index contributed by atoms with van der Waals surface area (Å²) in [6.07, 6.45) is 1.79. The monoisotopic (exact) mass is 453 g/mol. The number of hydrogen-bond acceptors (Lipinski definition) is 4. The average Bonchev–Trinajstić information content (AvgIpc) is 2.97. The molecule has 6 heteroatoms. The van der Waals surface area contributed by atoms with E-state index in [1.54, 1.807) is 13.2 Å². The molecule has 0 aromatic heterocycles. The Morgan fingerprint density at radius 3 is 2.43 bits per heavy atom. The van der Waals surface area contributed by atoms with Crippen molar-refractivity contribution >= 4 is 55.7 Å². The second kappa shape index (κ2) is 7.81. The van der Waals surface area contributed by atoms with Crippen LogP contribution in [0.4, 0.5) is 4.79 Å². The van der Waals surface area contributed by atoms with Crippen LogP contribution in [-0.2, 0) is 11.3 Å². The zero-order chi connectivity index (χ0) is 19.7.